The van der Waals surface area contributed by atoms with Crippen molar-refractivity contribution in [3.05, 3.63) is 11.8 Å². The summed E-state index contributed by atoms with van der Waals surface area (Å²) in [5.74, 6) is 0.604. The quantitative estimate of drug-likeness (QED) is 0.823. The SMILES string of the molecule is CCN(CC)C(=O)Nc1cc(C)n(C)n1. The first-order valence-electron chi connectivity index (χ1n) is 5.15. The third-order valence-corrected chi connectivity index (χ3v) is 2.40. The first kappa shape index (κ1) is 11.6. The molecule has 1 rings (SSSR count). The van der Waals surface area contributed by atoms with Crippen LogP contribution in [0.15, 0.2) is 6.07 Å². The van der Waals surface area contributed by atoms with Crippen LogP contribution in [0.4, 0.5) is 10.6 Å². The van der Waals surface area contributed by atoms with Crippen molar-refractivity contribution in [2.75, 3.05) is 18.4 Å². The van der Waals surface area contributed by atoms with Gasteiger partial charge < -0.3 is 4.90 Å². The zero-order valence-corrected chi connectivity index (χ0v) is 9.74. The van der Waals surface area contributed by atoms with Crippen LogP contribution in [-0.4, -0.2) is 33.8 Å². The molecular formula is C10H18N4O. The van der Waals surface area contributed by atoms with Gasteiger partial charge in [0.2, 0.25) is 0 Å². The van der Waals surface area contributed by atoms with Crippen molar-refractivity contribution >= 4 is 11.8 Å². The Bertz CT molecular complexity index is 322. The number of amides is 2. The Kier molecular flexibility index (Phi) is 3.71. The fourth-order valence-electron chi connectivity index (χ4n) is 1.32. The molecule has 0 atom stereocenters. The largest absolute Gasteiger partial charge is 0.325 e. The van der Waals surface area contributed by atoms with E-state index in [-0.39, 0.29) is 6.03 Å². The van der Waals surface area contributed by atoms with Gasteiger partial charge in [-0.15, -0.1) is 0 Å². The molecule has 1 aromatic rings. The Labute approximate surface area is 90.1 Å². The van der Waals surface area contributed by atoms with Crippen LogP contribution in [0.25, 0.3) is 0 Å². The van der Waals surface area contributed by atoms with E-state index in [1.54, 1.807) is 9.58 Å². The minimum Gasteiger partial charge on any atom is -0.325 e. The summed E-state index contributed by atoms with van der Waals surface area (Å²) in [6, 6.07) is 1.75. The van der Waals surface area contributed by atoms with E-state index < -0.39 is 0 Å². The predicted octanol–water partition coefficient (Wildman–Crippen LogP) is 1.60. The molecule has 0 unspecified atom stereocenters. The summed E-state index contributed by atoms with van der Waals surface area (Å²) in [5, 5.41) is 6.92. The molecule has 0 aliphatic carbocycles. The molecule has 2 amide bonds. The fourth-order valence-corrected chi connectivity index (χ4v) is 1.32. The maximum absolute atomic E-state index is 11.7. The van der Waals surface area contributed by atoms with Crippen molar-refractivity contribution in [1.29, 1.82) is 0 Å². The first-order chi connectivity index (χ1) is 7.08. The lowest BCUT2D eigenvalue weighted by molar-refractivity contribution is 0.217. The van der Waals surface area contributed by atoms with Gasteiger partial charge in [-0.3, -0.25) is 10.00 Å². The molecule has 5 nitrogen and oxygen atoms in total. The summed E-state index contributed by atoms with van der Waals surface area (Å²) in [6.07, 6.45) is 0. The molecule has 0 saturated heterocycles. The van der Waals surface area contributed by atoms with Crippen LogP contribution in [0.1, 0.15) is 19.5 Å². The smallest absolute Gasteiger partial charge is 0.323 e. The van der Waals surface area contributed by atoms with E-state index in [0.717, 1.165) is 5.69 Å². The number of aromatic nitrogens is 2. The number of aryl methyl sites for hydroxylation is 2. The number of hydrogen-bond acceptors (Lipinski definition) is 2. The number of carbonyl (C=O) groups excluding carboxylic acids is 1. The van der Waals surface area contributed by atoms with Crippen LogP contribution in [-0.2, 0) is 7.05 Å². The third-order valence-electron chi connectivity index (χ3n) is 2.40. The molecule has 0 radical (unpaired) electrons. The van der Waals surface area contributed by atoms with Crippen molar-refractivity contribution in [3.63, 3.8) is 0 Å². The van der Waals surface area contributed by atoms with Gasteiger partial charge in [-0.25, -0.2) is 4.79 Å². The van der Waals surface area contributed by atoms with Crippen molar-refractivity contribution in [3.8, 4) is 0 Å². The molecule has 0 spiro atoms. The number of hydrogen-bond donors (Lipinski definition) is 1. The van der Waals surface area contributed by atoms with E-state index in [0.29, 0.717) is 18.9 Å². The summed E-state index contributed by atoms with van der Waals surface area (Å²) < 4.78 is 1.73. The first-order valence-corrected chi connectivity index (χ1v) is 5.15. The van der Waals surface area contributed by atoms with E-state index >= 15 is 0 Å². The van der Waals surface area contributed by atoms with Gasteiger partial charge in [-0.1, -0.05) is 0 Å². The lowest BCUT2D eigenvalue weighted by Gasteiger charge is -2.17. The summed E-state index contributed by atoms with van der Waals surface area (Å²) >= 11 is 0. The molecular weight excluding hydrogens is 192 g/mol. The predicted molar refractivity (Wildman–Crippen MR) is 59.9 cm³/mol. The molecule has 5 heteroatoms. The molecule has 15 heavy (non-hydrogen) atoms. The van der Waals surface area contributed by atoms with Crippen LogP contribution >= 0.6 is 0 Å². The highest BCUT2D eigenvalue weighted by molar-refractivity contribution is 5.88. The van der Waals surface area contributed by atoms with Crippen LogP contribution in [0.5, 0.6) is 0 Å². The molecule has 0 aliphatic rings. The summed E-state index contributed by atoms with van der Waals surface area (Å²) in [6.45, 7) is 7.25. The Morgan fingerprint density at radius 3 is 2.53 bits per heavy atom. The lowest BCUT2D eigenvalue weighted by Crippen LogP contribution is -2.34. The van der Waals surface area contributed by atoms with Crippen LogP contribution in [0.3, 0.4) is 0 Å². The molecule has 0 fully saturated rings. The van der Waals surface area contributed by atoms with Gasteiger partial charge in [-0.05, 0) is 20.8 Å². The monoisotopic (exact) mass is 210 g/mol. The van der Waals surface area contributed by atoms with Gasteiger partial charge in [0.15, 0.2) is 5.82 Å². The van der Waals surface area contributed by atoms with E-state index in [9.17, 15) is 4.79 Å². The molecule has 0 aliphatic heterocycles. The Balaban J connectivity index is 2.65. The van der Waals surface area contributed by atoms with Crippen molar-refractivity contribution in [1.82, 2.24) is 14.7 Å². The topological polar surface area (TPSA) is 50.2 Å². The summed E-state index contributed by atoms with van der Waals surface area (Å²) in [7, 11) is 1.85. The number of nitrogens with zero attached hydrogens (tertiary/aromatic N) is 3. The Hall–Kier alpha value is -1.52. The second kappa shape index (κ2) is 4.82. The van der Waals surface area contributed by atoms with Crippen molar-refractivity contribution < 1.29 is 4.79 Å². The second-order valence-electron chi connectivity index (χ2n) is 3.40. The van der Waals surface area contributed by atoms with Gasteiger partial charge in [0, 0.05) is 31.9 Å². The van der Waals surface area contributed by atoms with E-state index in [2.05, 4.69) is 10.4 Å². The maximum Gasteiger partial charge on any atom is 0.323 e. The summed E-state index contributed by atoms with van der Waals surface area (Å²) in [4.78, 5) is 13.4. The highest BCUT2D eigenvalue weighted by Gasteiger charge is 2.11. The van der Waals surface area contributed by atoms with Gasteiger partial charge >= 0.3 is 6.03 Å². The molecule has 1 N–H and O–H groups in total. The Morgan fingerprint density at radius 2 is 2.13 bits per heavy atom. The van der Waals surface area contributed by atoms with E-state index in [4.69, 9.17) is 0 Å². The standard InChI is InChI=1S/C10H18N4O/c1-5-14(6-2)10(15)11-9-7-8(3)13(4)12-9/h7H,5-6H2,1-4H3,(H,11,12,15). The highest BCUT2D eigenvalue weighted by atomic mass is 16.2. The minimum absolute atomic E-state index is 0.0990. The maximum atomic E-state index is 11.7. The number of nitrogens with one attached hydrogen (secondary N) is 1. The number of urea groups is 1. The van der Waals surface area contributed by atoms with Gasteiger partial charge in [0.05, 0.1) is 0 Å². The van der Waals surface area contributed by atoms with Crippen LogP contribution < -0.4 is 5.32 Å². The fraction of sp³-hybridized carbons (Fsp3) is 0.600. The zero-order chi connectivity index (χ0) is 11.4. The van der Waals surface area contributed by atoms with Crippen molar-refractivity contribution in [2.45, 2.75) is 20.8 Å². The molecule has 84 valence electrons. The van der Waals surface area contributed by atoms with E-state index in [1.807, 2.05) is 33.9 Å². The van der Waals surface area contributed by atoms with Gasteiger partial charge in [0.1, 0.15) is 0 Å². The molecule has 1 aromatic heterocycles. The molecule has 0 aromatic carbocycles. The lowest BCUT2D eigenvalue weighted by atomic mass is 10.4. The summed E-state index contributed by atoms with van der Waals surface area (Å²) in [5.41, 5.74) is 1.02. The Morgan fingerprint density at radius 1 is 1.53 bits per heavy atom. The second-order valence-corrected chi connectivity index (χ2v) is 3.40. The highest BCUT2D eigenvalue weighted by Crippen LogP contribution is 2.07. The molecule has 1 heterocycles. The van der Waals surface area contributed by atoms with Gasteiger partial charge in [-0.2, -0.15) is 5.10 Å². The zero-order valence-electron chi connectivity index (χ0n) is 9.74. The average molecular weight is 210 g/mol. The van der Waals surface area contributed by atoms with Crippen LogP contribution in [0.2, 0.25) is 0 Å². The number of carbonyl (C=O) groups is 1. The van der Waals surface area contributed by atoms with Crippen molar-refractivity contribution in [2.24, 2.45) is 7.05 Å². The normalized spacial score (nSPS) is 10.1. The molecule has 0 saturated carbocycles. The van der Waals surface area contributed by atoms with E-state index in [1.165, 1.54) is 0 Å². The third kappa shape index (κ3) is 2.71. The van der Waals surface area contributed by atoms with Crippen LogP contribution in [0, 0.1) is 6.92 Å². The minimum atomic E-state index is -0.0990. The van der Waals surface area contributed by atoms with Gasteiger partial charge in [0.25, 0.3) is 0 Å². The number of rotatable bonds is 3. The number of anilines is 1. The molecule has 0 bridgehead atoms. The average Bonchev–Trinajstić information content (AvgIpc) is 2.47.